The molecule has 5 heteroatoms. The Kier molecular flexibility index (Phi) is 2.86. The number of aromatic hydroxyl groups is 1. The molecule has 4 bridgehead atoms. The van der Waals surface area contributed by atoms with Gasteiger partial charge in [-0.2, -0.15) is 0 Å². The highest BCUT2D eigenvalue weighted by Crippen LogP contribution is 2.74. The highest BCUT2D eigenvalue weighted by Gasteiger charge is 2.79. The Hall–Kier alpha value is -1.56. The minimum Gasteiger partial charge on any atom is -0.504 e. The van der Waals surface area contributed by atoms with Crippen LogP contribution in [0.25, 0.3) is 0 Å². The number of benzene rings is 1. The lowest BCUT2D eigenvalue weighted by molar-refractivity contribution is -0.228. The third kappa shape index (κ3) is 1.47. The van der Waals surface area contributed by atoms with Crippen molar-refractivity contribution in [3.05, 3.63) is 35.4 Å². The summed E-state index contributed by atoms with van der Waals surface area (Å²) in [6.45, 7) is 2.88. The molecule has 1 saturated carbocycles. The monoisotopic (exact) mass is 369 g/mol. The van der Waals surface area contributed by atoms with Crippen molar-refractivity contribution in [3.63, 3.8) is 0 Å². The first kappa shape index (κ1) is 16.4. The van der Waals surface area contributed by atoms with E-state index in [0.717, 1.165) is 25.8 Å². The number of hydrogen-bond donors (Lipinski definition) is 2. The molecule has 1 saturated heterocycles. The standard InChI is InChI=1S/C22H27NO4/c1-12(24)14-11-20-6-7-22(14,26-3)19-21(20)8-9-23(2)16(20)10-13-4-5-15(25)18(27-19)17(13)21/h4-7,12,14,16,19,24-25H,8-11H2,1-3H3/t12-,14+,16+,19+,20+,21-,22+/m0/s1. The molecule has 2 N–H and O–H groups in total. The number of aliphatic hydroxyl groups excluding tert-OH is 1. The predicted molar refractivity (Wildman–Crippen MR) is 100 cm³/mol. The van der Waals surface area contributed by atoms with Crippen LogP contribution in [0.5, 0.6) is 11.5 Å². The molecular weight excluding hydrogens is 342 g/mol. The molecule has 0 aromatic heterocycles. The molecule has 0 amide bonds. The fourth-order valence-electron chi connectivity index (χ4n) is 7.66. The SMILES string of the molecule is CO[C@]12C=C[C@@]3(C[C@@H]1[C@H](C)O)[C@H]1Cc4ccc(O)c5c4[C@@]3(CCN1C)[C@H]2O5. The van der Waals surface area contributed by atoms with Crippen molar-refractivity contribution in [2.45, 2.75) is 55.5 Å². The van der Waals surface area contributed by atoms with Crippen molar-refractivity contribution in [1.29, 1.82) is 0 Å². The number of likely N-dealkylation sites (tertiary alicyclic amines) is 1. The zero-order valence-corrected chi connectivity index (χ0v) is 16.1. The summed E-state index contributed by atoms with van der Waals surface area (Å²) < 4.78 is 12.8. The Morgan fingerprint density at radius 3 is 2.89 bits per heavy atom. The fraction of sp³-hybridized carbons (Fsp3) is 0.636. The van der Waals surface area contributed by atoms with E-state index in [1.54, 1.807) is 13.2 Å². The van der Waals surface area contributed by atoms with Crippen LogP contribution in [-0.2, 0) is 16.6 Å². The maximum Gasteiger partial charge on any atom is 0.165 e. The van der Waals surface area contributed by atoms with Gasteiger partial charge >= 0.3 is 0 Å². The number of phenols is 1. The molecule has 2 spiro atoms. The van der Waals surface area contributed by atoms with Gasteiger partial charge in [-0.05, 0) is 51.4 Å². The summed E-state index contributed by atoms with van der Waals surface area (Å²) >= 11 is 0. The minimum absolute atomic E-state index is 0.0300. The first-order chi connectivity index (χ1) is 12.9. The molecule has 2 heterocycles. The number of methoxy groups -OCH3 is 1. The van der Waals surface area contributed by atoms with Crippen molar-refractivity contribution in [1.82, 2.24) is 4.90 Å². The lowest BCUT2D eigenvalue weighted by atomic mass is 9.37. The van der Waals surface area contributed by atoms with Gasteiger partial charge in [0.2, 0.25) is 0 Å². The van der Waals surface area contributed by atoms with Crippen LogP contribution in [0, 0.1) is 11.3 Å². The van der Waals surface area contributed by atoms with E-state index in [9.17, 15) is 10.2 Å². The van der Waals surface area contributed by atoms with Crippen molar-refractivity contribution in [2.24, 2.45) is 11.3 Å². The zero-order chi connectivity index (χ0) is 18.8. The Morgan fingerprint density at radius 2 is 2.15 bits per heavy atom. The molecule has 4 aliphatic carbocycles. The van der Waals surface area contributed by atoms with Crippen LogP contribution in [0.3, 0.4) is 0 Å². The smallest absolute Gasteiger partial charge is 0.165 e. The molecule has 27 heavy (non-hydrogen) atoms. The van der Waals surface area contributed by atoms with E-state index in [4.69, 9.17) is 9.47 Å². The van der Waals surface area contributed by atoms with E-state index in [0.29, 0.717) is 11.8 Å². The Bertz CT molecular complexity index is 881. The number of piperidine rings is 1. The van der Waals surface area contributed by atoms with Crippen LogP contribution in [0.1, 0.15) is 30.9 Å². The maximum absolute atomic E-state index is 10.7. The predicted octanol–water partition coefficient (Wildman–Crippen LogP) is 1.99. The molecule has 1 aromatic rings. The highest BCUT2D eigenvalue weighted by molar-refractivity contribution is 5.65. The van der Waals surface area contributed by atoms with Gasteiger partial charge < -0.3 is 24.6 Å². The van der Waals surface area contributed by atoms with Crippen LogP contribution < -0.4 is 4.74 Å². The summed E-state index contributed by atoms with van der Waals surface area (Å²) in [6.07, 6.45) is 6.68. The van der Waals surface area contributed by atoms with E-state index < -0.39 is 11.7 Å². The summed E-state index contributed by atoms with van der Waals surface area (Å²) in [4.78, 5) is 2.49. The lowest BCUT2D eigenvalue weighted by Gasteiger charge is -2.71. The van der Waals surface area contributed by atoms with Gasteiger partial charge in [0.1, 0.15) is 11.7 Å². The largest absolute Gasteiger partial charge is 0.504 e. The molecule has 5 nitrogen and oxygen atoms in total. The molecule has 144 valence electrons. The summed E-state index contributed by atoms with van der Waals surface area (Å²) in [5, 5.41) is 21.3. The number of phenolic OH excluding ortho intramolecular Hbond substituents is 1. The molecular formula is C22H27NO4. The second kappa shape index (κ2) is 4.70. The molecule has 1 aromatic carbocycles. The second-order valence-electron chi connectivity index (χ2n) is 9.35. The summed E-state index contributed by atoms with van der Waals surface area (Å²) in [6, 6.07) is 4.22. The van der Waals surface area contributed by atoms with Crippen molar-refractivity contribution in [3.8, 4) is 11.5 Å². The number of ether oxygens (including phenoxy) is 2. The third-order valence-electron chi connectivity index (χ3n) is 8.71. The average Bonchev–Trinajstić information content (AvgIpc) is 3.03. The van der Waals surface area contributed by atoms with Crippen LogP contribution in [-0.4, -0.2) is 59.7 Å². The number of nitrogens with zero attached hydrogens (tertiary/aromatic N) is 1. The Balaban J connectivity index is 1.72. The van der Waals surface area contributed by atoms with Crippen LogP contribution in [0.2, 0.25) is 0 Å². The van der Waals surface area contributed by atoms with Crippen LogP contribution in [0.15, 0.2) is 24.3 Å². The number of fused-ring (bicyclic) bond motifs is 1. The minimum atomic E-state index is -0.670. The van der Waals surface area contributed by atoms with Gasteiger partial charge in [0, 0.05) is 30.0 Å². The molecule has 0 radical (unpaired) electrons. The van der Waals surface area contributed by atoms with Gasteiger partial charge in [0.05, 0.1) is 11.5 Å². The molecule has 2 fully saturated rings. The third-order valence-corrected chi connectivity index (χ3v) is 8.71. The molecule has 7 rings (SSSR count). The summed E-state index contributed by atoms with van der Waals surface area (Å²) in [7, 11) is 3.96. The Labute approximate surface area is 159 Å². The zero-order valence-electron chi connectivity index (χ0n) is 16.1. The van der Waals surface area contributed by atoms with Crippen molar-refractivity contribution < 1.29 is 19.7 Å². The number of likely N-dealkylation sites (N-methyl/N-ethyl adjacent to an activating group) is 1. The van der Waals surface area contributed by atoms with Gasteiger partial charge in [-0.1, -0.05) is 18.2 Å². The number of hydrogen-bond acceptors (Lipinski definition) is 5. The maximum atomic E-state index is 10.7. The number of aliphatic hydroxyl groups is 1. The first-order valence-electron chi connectivity index (χ1n) is 10.1. The van der Waals surface area contributed by atoms with Gasteiger partial charge in [0.15, 0.2) is 11.5 Å². The van der Waals surface area contributed by atoms with Crippen LogP contribution in [0.4, 0.5) is 0 Å². The van der Waals surface area contributed by atoms with E-state index in [1.807, 2.05) is 6.92 Å². The van der Waals surface area contributed by atoms with Crippen LogP contribution >= 0.6 is 0 Å². The van der Waals surface area contributed by atoms with Gasteiger partial charge in [0.25, 0.3) is 0 Å². The second-order valence-corrected chi connectivity index (χ2v) is 9.35. The molecule has 7 atom stereocenters. The Morgan fingerprint density at radius 1 is 1.33 bits per heavy atom. The van der Waals surface area contributed by atoms with Crippen molar-refractivity contribution >= 4 is 0 Å². The van der Waals surface area contributed by atoms with E-state index in [1.165, 1.54) is 11.1 Å². The first-order valence-corrected chi connectivity index (χ1v) is 10.1. The molecule has 0 unspecified atom stereocenters. The van der Waals surface area contributed by atoms with Gasteiger partial charge in [-0.15, -0.1) is 0 Å². The van der Waals surface area contributed by atoms with Gasteiger partial charge in [-0.3, -0.25) is 0 Å². The number of rotatable bonds is 2. The highest BCUT2D eigenvalue weighted by atomic mass is 16.6. The molecule has 2 aliphatic heterocycles. The van der Waals surface area contributed by atoms with E-state index in [2.05, 4.69) is 30.2 Å². The summed E-state index contributed by atoms with van der Waals surface area (Å²) in [5.41, 5.74) is 1.55. The average molecular weight is 369 g/mol. The summed E-state index contributed by atoms with van der Waals surface area (Å²) in [5.74, 6) is 0.850. The van der Waals surface area contributed by atoms with E-state index >= 15 is 0 Å². The molecule has 6 aliphatic rings. The quantitative estimate of drug-likeness (QED) is 0.781. The lowest BCUT2D eigenvalue weighted by Crippen LogP contribution is -2.79. The normalized spacial score (nSPS) is 46.9. The topological polar surface area (TPSA) is 62.2 Å². The van der Waals surface area contributed by atoms with E-state index in [-0.39, 0.29) is 28.6 Å². The fourth-order valence-corrected chi connectivity index (χ4v) is 7.66. The van der Waals surface area contributed by atoms with Crippen molar-refractivity contribution in [2.75, 3.05) is 20.7 Å². The van der Waals surface area contributed by atoms with Gasteiger partial charge in [-0.25, -0.2) is 0 Å².